The summed E-state index contributed by atoms with van der Waals surface area (Å²) < 4.78 is 6.49. The van der Waals surface area contributed by atoms with Crippen molar-refractivity contribution in [2.24, 2.45) is 0 Å². The number of rotatable bonds is 5. The summed E-state index contributed by atoms with van der Waals surface area (Å²) in [5, 5.41) is 11.5. The maximum atomic E-state index is 14.0. The number of ether oxygens (including phenoxy) is 1. The summed E-state index contributed by atoms with van der Waals surface area (Å²) in [6.07, 6.45) is 1.64. The Bertz CT molecular complexity index is 1630. The van der Waals surface area contributed by atoms with Crippen LogP contribution in [0, 0.1) is 6.92 Å². The Morgan fingerprint density at radius 2 is 1.67 bits per heavy atom. The lowest BCUT2D eigenvalue weighted by Crippen LogP contribution is -2.24. The van der Waals surface area contributed by atoms with Crippen LogP contribution in [0.15, 0.2) is 89.9 Å². The minimum Gasteiger partial charge on any atom is -0.505 e. The molecule has 3 heterocycles. The van der Waals surface area contributed by atoms with Gasteiger partial charge in [-0.25, -0.2) is 9.78 Å². The molecule has 36 heavy (non-hydrogen) atoms. The number of fused-ring (bicyclic) bond motifs is 1. The van der Waals surface area contributed by atoms with Crippen LogP contribution in [0.4, 0.5) is 0 Å². The van der Waals surface area contributed by atoms with Gasteiger partial charge in [-0.15, -0.1) is 0 Å². The Kier molecular flexibility index (Phi) is 6.04. The van der Waals surface area contributed by atoms with Crippen molar-refractivity contribution in [2.75, 3.05) is 7.11 Å². The Hall–Kier alpha value is -4.78. The number of aromatic hydroxyl groups is 1. The molecule has 2 aromatic carbocycles. The van der Waals surface area contributed by atoms with Gasteiger partial charge in [0, 0.05) is 28.4 Å². The molecule has 3 aromatic heterocycles. The summed E-state index contributed by atoms with van der Waals surface area (Å²) in [6, 6.07) is 24.0. The quantitative estimate of drug-likeness (QED) is 0.359. The second kappa shape index (κ2) is 9.46. The van der Waals surface area contributed by atoms with Gasteiger partial charge in [0.1, 0.15) is 0 Å². The Morgan fingerprint density at radius 3 is 2.31 bits per heavy atom. The van der Waals surface area contributed by atoms with Crippen LogP contribution in [-0.4, -0.2) is 32.7 Å². The normalized spacial score (nSPS) is 10.9. The number of aromatic nitrogens is 3. The molecule has 7 nitrogen and oxygen atoms in total. The van der Waals surface area contributed by atoms with Gasteiger partial charge in [-0.1, -0.05) is 60.7 Å². The Labute approximate surface area is 207 Å². The number of esters is 1. The molecule has 178 valence electrons. The van der Waals surface area contributed by atoms with E-state index in [0.717, 1.165) is 11.3 Å². The molecule has 5 aromatic rings. The van der Waals surface area contributed by atoms with Gasteiger partial charge in [0.25, 0.3) is 5.56 Å². The van der Waals surface area contributed by atoms with E-state index in [-0.39, 0.29) is 23.5 Å². The summed E-state index contributed by atoms with van der Waals surface area (Å²) in [5.41, 5.74) is 3.67. The number of benzene rings is 2. The van der Waals surface area contributed by atoms with E-state index in [1.54, 1.807) is 16.8 Å². The lowest BCUT2D eigenvalue weighted by molar-refractivity contribution is 0.0591. The third-order valence-corrected chi connectivity index (χ3v) is 6.05. The fourth-order valence-corrected chi connectivity index (χ4v) is 4.24. The number of carbonyl (C=O) groups is 1. The van der Waals surface area contributed by atoms with E-state index < -0.39 is 5.97 Å². The number of hydrogen-bond acceptors (Lipinski definition) is 6. The van der Waals surface area contributed by atoms with E-state index in [0.29, 0.717) is 33.3 Å². The summed E-state index contributed by atoms with van der Waals surface area (Å²) in [7, 11) is 1.23. The van der Waals surface area contributed by atoms with Gasteiger partial charge in [-0.3, -0.25) is 9.78 Å². The first-order valence-corrected chi connectivity index (χ1v) is 11.4. The Morgan fingerprint density at radius 1 is 0.972 bits per heavy atom. The Balaban J connectivity index is 1.93. The van der Waals surface area contributed by atoms with Gasteiger partial charge >= 0.3 is 5.97 Å². The van der Waals surface area contributed by atoms with Crippen molar-refractivity contribution in [3.05, 3.63) is 112 Å². The van der Waals surface area contributed by atoms with E-state index in [9.17, 15) is 14.7 Å². The lowest BCUT2D eigenvalue weighted by atomic mass is 10.0. The van der Waals surface area contributed by atoms with Crippen molar-refractivity contribution in [3.63, 3.8) is 0 Å². The number of nitrogens with zero attached hydrogens (tertiary/aromatic N) is 3. The van der Waals surface area contributed by atoms with E-state index in [1.165, 1.54) is 7.11 Å². The van der Waals surface area contributed by atoms with Crippen molar-refractivity contribution in [3.8, 4) is 28.1 Å². The van der Waals surface area contributed by atoms with E-state index in [1.807, 2.05) is 79.7 Å². The lowest BCUT2D eigenvalue weighted by Gasteiger charge is -2.18. The molecule has 5 rings (SSSR count). The summed E-state index contributed by atoms with van der Waals surface area (Å²) >= 11 is 0. The standard InChI is InChI=1S/C29H23N3O4/c1-18-13-14-21(16-30-18)24-26-23(27(33)25(31-24)29(35)36-2)15-22(20-11-7-4-8-12-20)28(34)32(26)17-19-9-5-3-6-10-19/h3-16,33H,17H2,1-2H3. The fourth-order valence-electron chi connectivity index (χ4n) is 4.24. The molecule has 0 spiro atoms. The highest BCUT2D eigenvalue weighted by Crippen LogP contribution is 2.36. The highest BCUT2D eigenvalue weighted by molar-refractivity contribution is 6.04. The third kappa shape index (κ3) is 4.11. The third-order valence-electron chi connectivity index (χ3n) is 6.05. The first-order chi connectivity index (χ1) is 17.5. The molecule has 0 radical (unpaired) electrons. The molecular formula is C29H23N3O4. The first-order valence-electron chi connectivity index (χ1n) is 11.4. The molecule has 0 aliphatic heterocycles. The zero-order valence-electron chi connectivity index (χ0n) is 19.8. The zero-order chi connectivity index (χ0) is 25.2. The van der Waals surface area contributed by atoms with Gasteiger partial charge in [0.2, 0.25) is 0 Å². The minimum atomic E-state index is -0.780. The number of aryl methyl sites for hydroxylation is 1. The molecule has 0 bridgehead atoms. The van der Waals surface area contributed by atoms with Crippen molar-refractivity contribution in [1.29, 1.82) is 0 Å². The van der Waals surface area contributed by atoms with Crippen LogP contribution >= 0.6 is 0 Å². The predicted octanol–water partition coefficient (Wildman–Crippen LogP) is 4.97. The van der Waals surface area contributed by atoms with Gasteiger partial charge < -0.3 is 14.4 Å². The highest BCUT2D eigenvalue weighted by atomic mass is 16.5. The maximum Gasteiger partial charge on any atom is 0.360 e. The van der Waals surface area contributed by atoms with Crippen LogP contribution in [0.1, 0.15) is 21.7 Å². The van der Waals surface area contributed by atoms with Crippen molar-refractivity contribution in [2.45, 2.75) is 13.5 Å². The van der Waals surface area contributed by atoms with Crippen molar-refractivity contribution in [1.82, 2.24) is 14.5 Å². The predicted molar refractivity (Wildman–Crippen MR) is 138 cm³/mol. The average molecular weight is 478 g/mol. The number of hydrogen-bond donors (Lipinski definition) is 1. The molecule has 0 atom stereocenters. The molecule has 0 aliphatic rings. The molecule has 0 aliphatic carbocycles. The fraction of sp³-hybridized carbons (Fsp3) is 0.103. The molecule has 0 saturated heterocycles. The van der Waals surface area contributed by atoms with Gasteiger partial charge in [0.05, 0.1) is 24.9 Å². The largest absolute Gasteiger partial charge is 0.505 e. The summed E-state index contributed by atoms with van der Waals surface area (Å²) in [4.78, 5) is 35.4. The molecule has 7 heteroatoms. The van der Waals surface area contributed by atoms with E-state index in [4.69, 9.17) is 4.74 Å². The van der Waals surface area contributed by atoms with Crippen LogP contribution in [0.25, 0.3) is 33.3 Å². The van der Waals surface area contributed by atoms with Gasteiger partial charge in [-0.05, 0) is 36.2 Å². The summed E-state index contributed by atoms with van der Waals surface area (Å²) in [6.45, 7) is 2.10. The molecule has 0 fully saturated rings. The smallest absolute Gasteiger partial charge is 0.360 e. The topological polar surface area (TPSA) is 94.3 Å². The zero-order valence-corrected chi connectivity index (χ0v) is 19.8. The number of pyridine rings is 3. The van der Waals surface area contributed by atoms with E-state index >= 15 is 0 Å². The van der Waals surface area contributed by atoms with Crippen LogP contribution in [0.2, 0.25) is 0 Å². The molecule has 1 N–H and O–H groups in total. The summed E-state index contributed by atoms with van der Waals surface area (Å²) in [5.74, 6) is -1.13. The first kappa shape index (κ1) is 23.0. The van der Waals surface area contributed by atoms with Gasteiger partial charge in [-0.2, -0.15) is 0 Å². The molecule has 0 unspecified atom stereocenters. The molecule has 0 amide bonds. The van der Waals surface area contributed by atoms with Crippen molar-refractivity contribution >= 4 is 16.9 Å². The van der Waals surface area contributed by atoms with Crippen LogP contribution in [-0.2, 0) is 11.3 Å². The molecule has 0 saturated carbocycles. The molecular weight excluding hydrogens is 454 g/mol. The highest BCUT2D eigenvalue weighted by Gasteiger charge is 2.25. The number of carbonyl (C=O) groups excluding carboxylic acids is 1. The van der Waals surface area contributed by atoms with Crippen LogP contribution in [0.3, 0.4) is 0 Å². The monoisotopic (exact) mass is 477 g/mol. The SMILES string of the molecule is COC(=O)c1nc(-c2ccc(C)nc2)c2c(cc(-c3ccccc3)c(=O)n2Cc2ccccc2)c1O. The maximum absolute atomic E-state index is 14.0. The minimum absolute atomic E-state index is 0.232. The van der Waals surface area contributed by atoms with Crippen LogP contribution in [0.5, 0.6) is 5.75 Å². The second-order valence-corrected chi connectivity index (χ2v) is 8.40. The van der Waals surface area contributed by atoms with Crippen molar-refractivity contribution < 1.29 is 14.6 Å². The van der Waals surface area contributed by atoms with E-state index in [2.05, 4.69) is 9.97 Å². The van der Waals surface area contributed by atoms with Gasteiger partial charge in [0.15, 0.2) is 11.4 Å². The average Bonchev–Trinajstić information content (AvgIpc) is 2.91. The number of methoxy groups -OCH3 is 1. The van der Waals surface area contributed by atoms with Crippen LogP contribution < -0.4 is 5.56 Å². The second-order valence-electron chi connectivity index (χ2n) is 8.40.